The van der Waals surface area contributed by atoms with Gasteiger partial charge in [0.2, 0.25) is 0 Å². The van der Waals surface area contributed by atoms with Crippen LogP contribution in [0.15, 0.2) is 72.4 Å². The maximum absolute atomic E-state index is 6.47. The molecule has 0 aliphatic carbocycles. The highest BCUT2D eigenvalue weighted by Gasteiger charge is 2.18. The Morgan fingerprint density at radius 1 is 0.870 bits per heavy atom. The highest BCUT2D eigenvalue weighted by Crippen LogP contribution is 2.37. The summed E-state index contributed by atoms with van der Waals surface area (Å²) in [7, 11) is 0. The summed E-state index contributed by atoms with van der Waals surface area (Å²) in [5.41, 5.74) is 10.5. The van der Waals surface area contributed by atoms with Crippen LogP contribution in [-0.4, -0.2) is 9.97 Å². The Labute approximate surface area is 138 Å². The summed E-state index contributed by atoms with van der Waals surface area (Å²) in [4.78, 5) is 8.97. The molecule has 112 valence electrons. The summed E-state index contributed by atoms with van der Waals surface area (Å²) in [6.45, 7) is 0. The minimum atomic E-state index is -0.336. The molecule has 0 radical (unpaired) electrons. The predicted octanol–water partition coefficient (Wildman–Crippen LogP) is 4.41. The molecule has 0 fully saturated rings. The number of benzene rings is 1. The van der Waals surface area contributed by atoms with Gasteiger partial charge in [0, 0.05) is 28.0 Å². The second-order valence-corrected chi connectivity index (χ2v) is 6.23. The summed E-state index contributed by atoms with van der Waals surface area (Å²) in [6.07, 6.45) is 3.59. The molecule has 0 amide bonds. The van der Waals surface area contributed by atoms with Crippen molar-refractivity contribution in [2.24, 2.45) is 5.73 Å². The van der Waals surface area contributed by atoms with E-state index in [0.29, 0.717) is 0 Å². The van der Waals surface area contributed by atoms with Crippen LogP contribution in [0.5, 0.6) is 0 Å². The smallest absolute Gasteiger partial charge is 0.0906 e. The van der Waals surface area contributed by atoms with Crippen LogP contribution in [0, 0.1) is 0 Å². The zero-order chi connectivity index (χ0) is 15.6. The average molecular weight is 317 g/mol. The zero-order valence-electron chi connectivity index (χ0n) is 12.4. The fourth-order valence-corrected chi connectivity index (χ4v) is 3.75. The molecule has 1 atom stereocenters. The zero-order valence-corrected chi connectivity index (χ0v) is 13.2. The van der Waals surface area contributed by atoms with Gasteiger partial charge in [0.1, 0.15) is 0 Å². The van der Waals surface area contributed by atoms with E-state index in [1.165, 1.54) is 15.8 Å². The van der Waals surface area contributed by atoms with Crippen LogP contribution in [0.1, 0.15) is 17.4 Å². The van der Waals surface area contributed by atoms with E-state index in [2.05, 4.69) is 27.5 Å². The largest absolute Gasteiger partial charge is 0.318 e. The van der Waals surface area contributed by atoms with Crippen molar-refractivity contribution in [3.8, 4) is 11.1 Å². The maximum Gasteiger partial charge on any atom is 0.0906 e. The van der Waals surface area contributed by atoms with Gasteiger partial charge >= 0.3 is 0 Å². The van der Waals surface area contributed by atoms with Crippen molar-refractivity contribution in [1.29, 1.82) is 0 Å². The lowest BCUT2D eigenvalue weighted by atomic mass is 9.99. The van der Waals surface area contributed by atoms with Gasteiger partial charge < -0.3 is 5.73 Å². The first-order valence-corrected chi connectivity index (χ1v) is 8.30. The topological polar surface area (TPSA) is 51.8 Å². The van der Waals surface area contributed by atoms with Crippen molar-refractivity contribution < 1.29 is 0 Å². The van der Waals surface area contributed by atoms with Gasteiger partial charge in [-0.15, -0.1) is 11.3 Å². The van der Waals surface area contributed by atoms with E-state index >= 15 is 0 Å². The first-order valence-electron chi connectivity index (χ1n) is 7.42. The molecule has 0 bridgehead atoms. The van der Waals surface area contributed by atoms with Gasteiger partial charge in [-0.1, -0.05) is 36.4 Å². The second kappa shape index (κ2) is 5.91. The van der Waals surface area contributed by atoms with E-state index in [1.807, 2.05) is 48.7 Å². The number of pyridine rings is 2. The quantitative estimate of drug-likeness (QED) is 0.609. The van der Waals surface area contributed by atoms with Crippen LogP contribution in [0.2, 0.25) is 0 Å². The molecule has 3 aromatic heterocycles. The van der Waals surface area contributed by atoms with Crippen molar-refractivity contribution in [3.63, 3.8) is 0 Å². The molecular formula is C19H15N3S. The maximum atomic E-state index is 6.47. The minimum absolute atomic E-state index is 0.336. The molecule has 1 aromatic carbocycles. The van der Waals surface area contributed by atoms with Crippen molar-refractivity contribution in [3.05, 3.63) is 83.8 Å². The molecule has 1 unspecified atom stereocenters. The van der Waals surface area contributed by atoms with Crippen molar-refractivity contribution in [1.82, 2.24) is 9.97 Å². The Hall–Kier alpha value is -2.56. The number of thiophene rings is 1. The number of fused-ring (bicyclic) bond motifs is 1. The van der Waals surface area contributed by atoms with Crippen molar-refractivity contribution in [2.75, 3.05) is 0 Å². The second-order valence-electron chi connectivity index (χ2n) is 5.32. The van der Waals surface area contributed by atoms with Crippen LogP contribution in [0.25, 0.3) is 21.2 Å². The lowest BCUT2D eigenvalue weighted by molar-refractivity contribution is 0.804. The predicted molar refractivity (Wildman–Crippen MR) is 95.3 cm³/mol. The van der Waals surface area contributed by atoms with Gasteiger partial charge in [0.25, 0.3) is 0 Å². The van der Waals surface area contributed by atoms with Crippen LogP contribution < -0.4 is 5.73 Å². The molecule has 0 spiro atoms. The number of nitrogens with zero attached hydrogens (tertiary/aromatic N) is 2. The molecular weight excluding hydrogens is 302 g/mol. The Balaban J connectivity index is 1.92. The van der Waals surface area contributed by atoms with Gasteiger partial charge in [-0.05, 0) is 29.1 Å². The van der Waals surface area contributed by atoms with Gasteiger partial charge in [0.15, 0.2) is 0 Å². The fraction of sp³-hybridized carbons (Fsp3) is 0.0526. The molecule has 0 aliphatic heterocycles. The minimum Gasteiger partial charge on any atom is -0.318 e. The monoisotopic (exact) mass is 317 g/mol. The molecule has 0 saturated carbocycles. The Morgan fingerprint density at radius 3 is 2.48 bits per heavy atom. The van der Waals surface area contributed by atoms with Crippen LogP contribution in [-0.2, 0) is 0 Å². The summed E-state index contributed by atoms with van der Waals surface area (Å²) in [5.74, 6) is 0. The average Bonchev–Trinajstić information content (AvgIpc) is 3.07. The van der Waals surface area contributed by atoms with E-state index in [4.69, 9.17) is 5.73 Å². The van der Waals surface area contributed by atoms with Crippen LogP contribution in [0.4, 0.5) is 0 Å². The number of aromatic nitrogens is 2. The standard InChI is InChI=1S/C19H15N3S/c20-18(15-8-4-5-10-21-15)19-17-14(13-6-2-1-3-7-13)12-23-16(17)9-11-22-19/h1-12,18H,20H2. The summed E-state index contributed by atoms with van der Waals surface area (Å²) < 4.78 is 1.19. The molecule has 3 nitrogen and oxygen atoms in total. The third-order valence-corrected chi connectivity index (χ3v) is 4.85. The van der Waals surface area contributed by atoms with Crippen LogP contribution in [0.3, 0.4) is 0 Å². The number of rotatable bonds is 3. The van der Waals surface area contributed by atoms with Gasteiger partial charge in [0.05, 0.1) is 17.4 Å². The summed E-state index contributed by atoms with van der Waals surface area (Å²) >= 11 is 1.72. The summed E-state index contributed by atoms with van der Waals surface area (Å²) in [5, 5.41) is 3.30. The highest BCUT2D eigenvalue weighted by atomic mass is 32.1. The van der Waals surface area contributed by atoms with Gasteiger partial charge in [-0.25, -0.2) is 0 Å². The van der Waals surface area contributed by atoms with E-state index in [0.717, 1.165) is 16.8 Å². The molecule has 4 heteroatoms. The SMILES string of the molecule is NC(c1ccccn1)c1nccc2scc(-c3ccccc3)c12. The van der Waals surface area contributed by atoms with Crippen molar-refractivity contribution >= 4 is 21.4 Å². The van der Waals surface area contributed by atoms with E-state index in [1.54, 1.807) is 17.5 Å². The highest BCUT2D eigenvalue weighted by molar-refractivity contribution is 7.17. The third kappa shape index (κ3) is 2.52. The third-order valence-electron chi connectivity index (χ3n) is 3.90. The molecule has 23 heavy (non-hydrogen) atoms. The molecule has 4 aromatic rings. The van der Waals surface area contributed by atoms with E-state index in [9.17, 15) is 0 Å². The van der Waals surface area contributed by atoms with E-state index in [-0.39, 0.29) is 6.04 Å². The van der Waals surface area contributed by atoms with Crippen LogP contribution >= 0.6 is 11.3 Å². The fourth-order valence-electron chi connectivity index (χ4n) is 2.78. The molecule has 0 saturated heterocycles. The molecule has 0 aliphatic rings. The lowest BCUT2D eigenvalue weighted by Gasteiger charge is -2.13. The number of nitrogens with two attached hydrogens (primary N) is 1. The Kier molecular flexibility index (Phi) is 3.61. The first kappa shape index (κ1) is 14.1. The number of hydrogen-bond donors (Lipinski definition) is 1. The normalized spacial score (nSPS) is 12.4. The Bertz CT molecular complexity index is 933. The number of hydrogen-bond acceptors (Lipinski definition) is 4. The summed E-state index contributed by atoms with van der Waals surface area (Å²) in [6, 6.07) is 17.9. The van der Waals surface area contributed by atoms with Gasteiger partial charge in [-0.3, -0.25) is 9.97 Å². The molecule has 3 heterocycles. The first-order chi connectivity index (χ1) is 11.3. The Morgan fingerprint density at radius 2 is 1.70 bits per heavy atom. The molecule has 2 N–H and O–H groups in total. The van der Waals surface area contributed by atoms with Gasteiger partial charge in [-0.2, -0.15) is 0 Å². The van der Waals surface area contributed by atoms with Crippen molar-refractivity contribution in [2.45, 2.75) is 6.04 Å². The van der Waals surface area contributed by atoms with E-state index < -0.39 is 0 Å². The molecule has 4 rings (SSSR count). The lowest BCUT2D eigenvalue weighted by Crippen LogP contribution is -2.15.